The van der Waals surface area contributed by atoms with E-state index in [1.165, 1.54) is 16.3 Å². The van der Waals surface area contributed by atoms with Crippen LogP contribution in [0, 0.1) is 0 Å². The molecule has 3 nitrogen and oxygen atoms in total. The van der Waals surface area contributed by atoms with Gasteiger partial charge in [0.15, 0.2) is 0 Å². The smallest absolute Gasteiger partial charge is 0.324 e. The van der Waals surface area contributed by atoms with Gasteiger partial charge in [-0.15, -0.1) is 0 Å². The molecule has 0 atom stereocenters. The van der Waals surface area contributed by atoms with E-state index in [0.717, 1.165) is 11.3 Å². The van der Waals surface area contributed by atoms with Crippen molar-refractivity contribution in [2.24, 2.45) is 0 Å². The first-order valence-electron chi connectivity index (χ1n) is 9.03. The normalized spacial score (nSPS) is 11.0. The molecule has 0 aromatic heterocycles. The summed E-state index contributed by atoms with van der Waals surface area (Å²) in [6, 6.07) is 22.9. The average Bonchev–Trinajstić information content (AvgIpc) is 2.65. The van der Waals surface area contributed by atoms with E-state index in [0.29, 0.717) is 12.5 Å². The van der Waals surface area contributed by atoms with Gasteiger partial charge in [-0.1, -0.05) is 68.4 Å². The first kappa shape index (κ1) is 18.0. The van der Waals surface area contributed by atoms with Crippen LogP contribution in [0.5, 0.6) is 0 Å². The van der Waals surface area contributed by atoms with Crippen molar-refractivity contribution in [3.8, 4) is 0 Å². The number of hydrogen-bond donors (Lipinski definition) is 0. The van der Waals surface area contributed by atoms with Crippen LogP contribution in [0.4, 0.5) is 10.5 Å². The number of anilines is 1. The fraction of sp³-hybridized carbons (Fsp3) is 0.261. The van der Waals surface area contributed by atoms with Gasteiger partial charge in [-0.2, -0.15) is 0 Å². The van der Waals surface area contributed by atoms with Gasteiger partial charge in [0, 0.05) is 19.8 Å². The minimum Gasteiger partial charge on any atom is -0.330 e. The van der Waals surface area contributed by atoms with Crippen LogP contribution in [0.2, 0.25) is 0 Å². The standard InChI is InChI=1S/C23H26N2O/c1-17(2)18-12-14-21(15-13-18)25(23(26)24(3)4)16-20-10-7-9-19-8-5-6-11-22(19)20/h5-15,17H,16H2,1-4H3. The van der Waals surface area contributed by atoms with Crippen LogP contribution in [0.25, 0.3) is 10.8 Å². The monoisotopic (exact) mass is 346 g/mol. The maximum atomic E-state index is 12.9. The Kier molecular flexibility index (Phi) is 5.27. The molecule has 3 aromatic rings. The zero-order chi connectivity index (χ0) is 18.7. The predicted octanol–water partition coefficient (Wildman–Crippen LogP) is 5.65. The SMILES string of the molecule is CC(C)c1ccc(N(Cc2cccc3ccccc23)C(=O)N(C)C)cc1. The lowest BCUT2D eigenvalue weighted by molar-refractivity contribution is 0.223. The number of benzene rings is 3. The van der Waals surface area contributed by atoms with E-state index in [-0.39, 0.29) is 6.03 Å². The Morgan fingerprint density at radius 3 is 2.19 bits per heavy atom. The number of fused-ring (bicyclic) bond motifs is 1. The maximum Gasteiger partial charge on any atom is 0.324 e. The Labute approximate surface area is 155 Å². The molecule has 0 spiro atoms. The first-order chi connectivity index (χ1) is 12.5. The third kappa shape index (κ3) is 3.72. The molecule has 0 saturated carbocycles. The van der Waals surface area contributed by atoms with Gasteiger partial charge in [-0.05, 0) is 39.9 Å². The highest BCUT2D eigenvalue weighted by atomic mass is 16.2. The van der Waals surface area contributed by atoms with Crippen molar-refractivity contribution in [3.63, 3.8) is 0 Å². The van der Waals surface area contributed by atoms with E-state index in [1.807, 2.05) is 29.2 Å². The summed E-state index contributed by atoms with van der Waals surface area (Å²) in [7, 11) is 3.59. The number of hydrogen-bond acceptors (Lipinski definition) is 1. The van der Waals surface area contributed by atoms with Crippen molar-refractivity contribution in [2.75, 3.05) is 19.0 Å². The van der Waals surface area contributed by atoms with Crippen LogP contribution in [0.15, 0.2) is 66.7 Å². The van der Waals surface area contributed by atoms with Crippen LogP contribution in [-0.4, -0.2) is 25.0 Å². The third-order valence-corrected chi connectivity index (χ3v) is 4.69. The molecule has 134 valence electrons. The fourth-order valence-corrected chi connectivity index (χ4v) is 3.15. The van der Waals surface area contributed by atoms with Gasteiger partial charge in [0.1, 0.15) is 0 Å². The number of urea groups is 1. The van der Waals surface area contributed by atoms with Crippen LogP contribution in [0.1, 0.15) is 30.9 Å². The molecule has 0 N–H and O–H groups in total. The minimum atomic E-state index is -0.0183. The average molecular weight is 346 g/mol. The van der Waals surface area contributed by atoms with E-state index in [4.69, 9.17) is 0 Å². The summed E-state index contributed by atoms with van der Waals surface area (Å²) in [5, 5.41) is 2.38. The van der Waals surface area contributed by atoms with Gasteiger partial charge >= 0.3 is 6.03 Å². The molecule has 0 aliphatic carbocycles. The lowest BCUT2D eigenvalue weighted by atomic mass is 10.0. The quantitative estimate of drug-likeness (QED) is 0.598. The molecule has 0 aliphatic heterocycles. The van der Waals surface area contributed by atoms with Gasteiger partial charge < -0.3 is 4.90 Å². The zero-order valence-corrected chi connectivity index (χ0v) is 15.9. The van der Waals surface area contributed by atoms with E-state index in [2.05, 4.69) is 56.3 Å². The van der Waals surface area contributed by atoms with Crippen LogP contribution >= 0.6 is 0 Å². The Morgan fingerprint density at radius 1 is 0.885 bits per heavy atom. The van der Waals surface area contributed by atoms with Crippen LogP contribution in [0.3, 0.4) is 0 Å². The van der Waals surface area contributed by atoms with E-state index in [9.17, 15) is 4.79 Å². The zero-order valence-electron chi connectivity index (χ0n) is 15.9. The number of amides is 2. The molecule has 0 aliphatic rings. The number of rotatable bonds is 4. The van der Waals surface area contributed by atoms with Crippen molar-refractivity contribution in [3.05, 3.63) is 77.9 Å². The second-order valence-corrected chi connectivity index (χ2v) is 7.15. The Bertz CT molecular complexity index is 892. The summed E-state index contributed by atoms with van der Waals surface area (Å²) in [6.07, 6.45) is 0. The summed E-state index contributed by atoms with van der Waals surface area (Å²) >= 11 is 0. The first-order valence-corrected chi connectivity index (χ1v) is 9.03. The highest BCUT2D eigenvalue weighted by Crippen LogP contribution is 2.25. The van der Waals surface area contributed by atoms with Crippen LogP contribution < -0.4 is 4.90 Å². The summed E-state index contributed by atoms with van der Waals surface area (Å²) in [5.74, 6) is 0.472. The Balaban J connectivity index is 2.00. The van der Waals surface area contributed by atoms with E-state index < -0.39 is 0 Å². The molecular weight excluding hydrogens is 320 g/mol. The summed E-state index contributed by atoms with van der Waals surface area (Å²) < 4.78 is 0. The summed E-state index contributed by atoms with van der Waals surface area (Å²) in [4.78, 5) is 16.3. The summed E-state index contributed by atoms with van der Waals surface area (Å²) in [5.41, 5.74) is 3.34. The Morgan fingerprint density at radius 2 is 1.54 bits per heavy atom. The lowest BCUT2D eigenvalue weighted by Gasteiger charge is -2.27. The van der Waals surface area contributed by atoms with E-state index >= 15 is 0 Å². The van der Waals surface area contributed by atoms with Gasteiger partial charge in [-0.3, -0.25) is 4.90 Å². The molecule has 0 unspecified atom stereocenters. The Hall–Kier alpha value is -2.81. The highest BCUT2D eigenvalue weighted by molar-refractivity contribution is 5.93. The van der Waals surface area contributed by atoms with Gasteiger partial charge in [-0.25, -0.2) is 4.79 Å². The molecular formula is C23H26N2O. The topological polar surface area (TPSA) is 23.6 Å². The third-order valence-electron chi connectivity index (χ3n) is 4.69. The molecule has 0 heterocycles. The van der Waals surface area contributed by atoms with Gasteiger partial charge in [0.2, 0.25) is 0 Å². The van der Waals surface area contributed by atoms with Crippen molar-refractivity contribution >= 4 is 22.5 Å². The van der Waals surface area contributed by atoms with Gasteiger partial charge in [0.25, 0.3) is 0 Å². The number of carbonyl (C=O) groups is 1. The fourth-order valence-electron chi connectivity index (χ4n) is 3.15. The van der Waals surface area contributed by atoms with Crippen molar-refractivity contribution in [1.29, 1.82) is 0 Å². The molecule has 3 aromatic carbocycles. The molecule has 0 fully saturated rings. The van der Waals surface area contributed by atoms with Crippen molar-refractivity contribution < 1.29 is 4.79 Å². The van der Waals surface area contributed by atoms with Crippen molar-refractivity contribution in [2.45, 2.75) is 26.3 Å². The molecule has 0 radical (unpaired) electrons. The molecule has 26 heavy (non-hydrogen) atoms. The molecule has 0 saturated heterocycles. The molecule has 2 amide bonds. The minimum absolute atomic E-state index is 0.0183. The van der Waals surface area contributed by atoms with Gasteiger partial charge in [0.05, 0.1) is 6.54 Å². The lowest BCUT2D eigenvalue weighted by Crippen LogP contribution is -2.38. The second kappa shape index (κ2) is 7.61. The van der Waals surface area contributed by atoms with Crippen molar-refractivity contribution in [1.82, 2.24) is 4.90 Å². The number of nitrogens with zero attached hydrogens (tertiary/aromatic N) is 2. The predicted molar refractivity (Wildman–Crippen MR) is 110 cm³/mol. The molecule has 3 heteroatoms. The van der Waals surface area contributed by atoms with E-state index in [1.54, 1.807) is 19.0 Å². The van der Waals surface area contributed by atoms with Crippen LogP contribution in [-0.2, 0) is 6.54 Å². The molecule has 0 bridgehead atoms. The highest BCUT2D eigenvalue weighted by Gasteiger charge is 2.19. The maximum absolute atomic E-state index is 12.9. The summed E-state index contributed by atoms with van der Waals surface area (Å²) in [6.45, 7) is 4.89. The second-order valence-electron chi connectivity index (χ2n) is 7.15. The molecule has 3 rings (SSSR count). The largest absolute Gasteiger partial charge is 0.330 e. The number of carbonyl (C=O) groups excluding carboxylic acids is 1.